The quantitative estimate of drug-likeness (QED) is 0.637. The van der Waals surface area contributed by atoms with Gasteiger partial charge in [0.25, 0.3) is 5.91 Å². The fourth-order valence-electron chi connectivity index (χ4n) is 2.77. The number of fused-ring (bicyclic) bond motifs is 1. The van der Waals surface area contributed by atoms with Crippen molar-refractivity contribution < 1.29 is 19.4 Å². The Kier molecular flexibility index (Phi) is 5.09. The van der Waals surface area contributed by atoms with Crippen molar-refractivity contribution in [1.29, 1.82) is 0 Å². The van der Waals surface area contributed by atoms with Gasteiger partial charge in [0.15, 0.2) is 0 Å². The van der Waals surface area contributed by atoms with Gasteiger partial charge in [-0.1, -0.05) is 12.1 Å². The van der Waals surface area contributed by atoms with Crippen LogP contribution in [-0.2, 0) is 9.53 Å². The molecule has 0 aliphatic rings. The van der Waals surface area contributed by atoms with E-state index in [2.05, 4.69) is 15.2 Å². The van der Waals surface area contributed by atoms with E-state index in [0.717, 1.165) is 22.2 Å². The van der Waals surface area contributed by atoms with E-state index in [4.69, 9.17) is 5.73 Å². The maximum Gasteiger partial charge on any atom is 0.405 e. The third kappa shape index (κ3) is 4.06. The normalized spacial score (nSPS) is 13.1. The zero-order valence-corrected chi connectivity index (χ0v) is 14.9. The molecule has 0 saturated heterocycles. The summed E-state index contributed by atoms with van der Waals surface area (Å²) in [5.41, 5.74) is 8.22. The molecule has 2 amide bonds. The van der Waals surface area contributed by atoms with Gasteiger partial charge in [-0.05, 0) is 49.7 Å². The number of rotatable bonds is 5. The second kappa shape index (κ2) is 7.46. The molecule has 8 heteroatoms. The van der Waals surface area contributed by atoms with Gasteiger partial charge >= 0.3 is 6.09 Å². The number of benzene rings is 2. The molecule has 0 aliphatic heterocycles. The summed E-state index contributed by atoms with van der Waals surface area (Å²) in [7, 11) is 0. The average Bonchev–Trinajstić information content (AvgIpc) is 3.02. The lowest BCUT2D eigenvalue weighted by molar-refractivity contribution is -0.129. The Morgan fingerprint density at radius 1 is 1.26 bits per heavy atom. The van der Waals surface area contributed by atoms with Gasteiger partial charge in [0.05, 0.1) is 23.5 Å². The number of aryl methyl sites for hydroxylation is 1. The summed E-state index contributed by atoms with van der Waals surface area (Å²) in [5, 5.41) is 17.6. The number of ether oxygens (including phenoxy) is 1. The summed E-state index contributed by atoms with van der Waals surface area (Å²) >= 11 is 0. The first-order chi connectivity index (χ1) is 12.8. The maximum atomic E-state index is 12.3. The molecule has 0 spiro atoms. The minimum atomic E-state index is -1.40. The number of nitrogens with two attached hydrogens (primary N) is 1. The SMILES string of the molecule is Cc1cccc(-n2ncc3ccc(NC(=O)[C@@H](OC(N)=O)[C@H](C)O)cc32)c1. The lowest BCUT2D eigenvalue weighted by Gasteiger charge is -2.18. The number of aliphatic hydroxyl groups is 1. The van der Waals surface area contributed by atoms with E-state index in [9.17, 15) is 14.7 Å². The van der Waals surface area contributed by atoms with E-state index in [0.29, 0.717) is 5.69 Å². The highest BCUT2D eigenvalue weighted by Gasteiger charge is 2.27. The Hall–Kier alpha value is -3.39. The highest BCUT2D eigenvalue weighted by atomic mass is 16.6. The van der Waals surface area contributed by atoms with Crippen LogP contribution in [0.3, 0.4) is 0 Å². The van der Waals surface area contributed by atoms with Crippen molar-refractivity contribution >= 4 is 28.6 Å². The minimum Gasteiger partial charge on any atom is -0.433 e. The van der Waals surface area contributed by atoms with Gasteiger partial charge in [-0.2, -0.15) is 5.10 Å². The van der Waals surface area contributed by atoms with E-state index in [1.165, 1.54) is 6.92 Å². The first-order valence-electron chi connectivity index (χ1n) is 8.35. The van der Waals surface area contributed by atoms with Gasteiger partial charge in [0.2, 0.25) is 6.10 Å². The molecular weight excluding hydrogens is 348 g/mol. The predicted octanol–water partition coefficient (Wildman–Crippen LogP) is 2.12. The molecule has 8 nitrogen and oxygen atoms in total. The first kappa shape index (κ1) is 18.4. The van der Waals surface area contributed by atoms with Crippen LogP contribution >= 0.6 is 0 Å². The second-order valence-electron chi connectivity index (χ2n) is 6.26. The summed E-state index contributed by atoms with van der Waals surface area (Å²) in [6.45, 7) is 3.33. The number of nitrogens with one attached hydrogen (secondary N) is 1. The molecule has 0 aliphatic carbocycles. The third-order valence-corrected chi connectivity index (χ3v) is 4.02. The fourth-order valence-corrected chi connectivity index (χ4v) is 2.77. The average molecular weight is 368 g/mol. The van der Waals surface area contributed by atoms with Crippen molar-refractivity contribution in [1.82, 2.24) is 9.78 Å². The Morgan fingerprint density at radius 2 is 2.04 bits per heavy atom. The monoisotopic (exact) mass is 368 g/mol. The van der Waals surface area contributed by atoms with E-state index >= 15 is 0 Å². The van der Waals surface area contributed by atoms with E-state index in [1.54, 1.807) is 23.0 Å². The second-order valence-corrected chi connectivity index (χ2v) is 6.26. The van der Waals surface area contributed by atoms with Gasteiger partial charge in [0, 0.05) is 11.1 Å². The van der Waals surface area contributed by atoms with Crippen LogP contribution in [-0.4, -0.2) is 39.1 Å². The summed E-state index contributed by atoms with van der Waals surface area (Å²) in [5.74, 6) is -0.676. The highest BCUT2D eigenvalue weighted by molar-refractivity contribution is 5.97. The van der Waals surface area contributed by atoms with Crippen molar-refractivity contribution in [3.8, 4) is 5.69 Å². The summed E-state index contributed by atoms with van der Waals surface area (Å²) < 4.78 is 6.45. The molecule has 4 N–H and O–H groups in total. The van der Waals surface area contributed by atoms with Crippen molar-refractivity contribution in [3.63, 3.8) is 0 Å². The minimum absolute atomic E-state index is 0.473. The number of carbonyl (C=O) groups is 2. The molecule has 27 heavy (non-hydrogen) atoms. The number of primary amides is 1. The fraction of sp³-hybridized carbons (Fsp3) is 0.211. The van der Waals surface area contributed by atoms with Gasteiger partial charge in [-0.3, -0.25) is 4.79 Å². The number of amides is 2. The lowest BCUT2D eigenvalue weighted by Crippen LogP contribution is -2.41. The third-order valence-electron chi connectivity index (χ3n) is 4.02. The van der Waals surface area contributed by atoms with Crippen molar-refractivity contribution in [3.05, 3.63) is 54.2 Å². The zero-order valence-electron chi connectivity index (χ0n) is 14.9. The number of aromatic nitrogens is 2. The van der Waals surface area contributed by atoms with Gasteiger partial charge in [0.1, 0.15) is 0 Å². The molecule has 1 aromatic heterocycles. The molecule has 1 heterocycles. The molecule has 3 aromatic rings. The molecular formula is C19H20N4O4. The van der Waals surface area contributed by atoms with Gasteiger partial charge < -0.3 is 20.9 Å². The lowest BCUT2D eigenvalue weighted by atomic mass is 10.2. The van der Waals surface area contributed by atoms with Crippen molar-refractivity contribution in [2.24, 2.45) is 5.73 Å². The van der Waals surface area contributed by atoms with Crippen LogP contribution in [0.25, 0.3) is 16.6 Å². The molecule has 0 saturated carbocycles. The van der Waals surface area contributed by atoms with Crippen LogP contribution in [0.15, 0.2) is 48.7 Å². The van der Waals surface area contributed by atoms with Gasteiger partial charge in [-0.25, -0.2) is 9.48 Å². The van der Waals surface area contributed by atoms with Crippen LogP contribution < -0.4 is 11.1 Å². The molecule has 0 radical (unpaired) electrons. The molecule has 2 atom stereocenters. The summed E-state index contributed by atoms with van der Waals surface area (Å²) in [6.07, 6.45) is -2.01. The maximum absolute atomic E-state index is 12.3. The molecule has 2 aromatic carbocycles. The first-order valence-corrected chi connectivity index (χ1v) is 8.35. The molecule has 3 rings (SSSR count). The molecule has 0 bridgehead atoms. The van der Waals surface area contributed by atoms with Crippen LogP contribution in [0, 0.1) is 6.92 Å². The highest BCUT2D eigenvalue weighted by Crippen LogP contribution is 2.23. The van der Waals surface area contributed by atoms with Crippen LogP contribution in [0.4, 0.5) is 10.5 Å². The molecule has 0 unspecified atom stereocenters. The Bertz CT molecular complexity index is 996. The number of anilines is 1. The number of hydrogen-bond acceptors (Lipinski definition) is 5. The largest absolute Gasteiger partial charge is 0.433 e. The van der Waals surface area contributed by atoms with Crippen LogP contribution in [0.2, 0.25) is 0 Å². The van der Waals surface area contributed by atoms with Crippen LogP contribution in [0.1, 0.15) is 12.5 Å². The number of carbonyl (C=O) groups excluding carboxylic acids is 2. The van der Waals surface area contributed by atoms with Crippen molar-refractivity contribution in [2.45, 2.75) is 26.1 Å². The Morgan fingerprint density at radius 3 is 2.70 bits per heavy atom. The Balaban J connectivity index is 1.91. The van der Waals surface area contributed by atoms with Gasteiger partial charge in [-0.15, -0.1) is 0 Å². The van der Waals surface area contributed by atoms with E-state index < -0.39 is 24.2 Å². The van der Waals surface area contributed by atoms with E-state index in [-0.39, 0.29) is 0 Å². The number of hydrogen-bond donors (Lipinski definition) is 3. The zero-order chi connectivity index (χ0) is 19.6. The smallest absolute Gasteiger partial charge is 0.405 e. The van der Waals surface area contributed by atoms with E-state index in [1.807, 2.05) is 37.3 Å². The summed E-state index contributed by atoms with van der Waals surface area (Å²) in [4.78, 5) is 23.3. The Labute approximate surface area is 155 Å². The predicted molar refractivity (Wildman–Crippen MR) is 101 cm³/mol. The number of nitrogens with zero attached hydrogens (tertiary/aromatic N) is 2. The summed E-state index contributed by atoms with van der Waals surface area (Å²) in [6, 6.07) is 13.2. The number of aliphatic hydroxyl groups excluding tert-OH is 1. The molecule has 140 valence electrons. The van der Waals surface area contributed by atoms with Crippen molar-refractivity contribution in [2.75, 3.05) is 5.32 Å². The standard InChI is InChI=1S/C19H20N4O4/c1-11-4-3-5-15(8-11)23-16-9-14(7-6-13(16)10-21-23)22-18(25)17(12(2)24)27-19(20)26/h3-10,12,17,24H,1-2H3,(H2,20,26)(H,22,25)/t12-,17-/m0/s1. The van der Waals surface area contributed by atoms with Crippen LogP contribution in [0.5, 0.6) is 0 Å². The topological polar surface area (TPSA) is 119 Å². The molecule has 0 fully saturated rings.